The molecule has 4 N–H and O–H groups in total. The van der Waals surface area contributed by atoms with Gasteiger partial charge >= 0.3 is 11.9 Å². The van der Waals surface area contributed by atoms with E-state index >= 15 is 0 Å². The maximum Gasteiger partial charge on any atom is 0.311 e. The van der Waals surface area contributed by atoms with E-state index in [1.54, 1.807) is 60.7 Å². The van der Waals surface area contributed by atoms with Gasteiger partial charge in [0, 0.05) is 24.1 Å². The molecule has 0 unspecified atom stereocenters. The molecule has 186 valence electrons. The molecule has 7 nitrogen and oxygen atoms in total. The van der Waals surface area contributed by atoms with Crippen LogP contribution in [0.1, 0.15) is 54.4 Å². The van der Waals surface area contributed by atoms with Crippen LogP contribution in [0.25, 0.3) is 6.08 Å². The first-order valence-electron chi connectivity index (χ1n) is 11.8. The molecule has 0 radical (unpaired) electrons. The summed E-state index contributed by atoms with van der Waals surface area (Å²) in [6.45, 7) is 0. The highest BCUT2D eigenvalue weighted by Crippen LogP contribution is 2.24. The van der Waals surface area contributed by atoms with Crippen LogP contribution in [0.3, 0.4) is 0 Å². The average molecular weight is 487 g/mol. The first kappa shape index (κ1) is 26.2. The van der Waals surface area contributed by atoms with E-state index in [1.165, 1.54) is 6.08 Å². The fourth-order valence-electron chi connectivity index (χ4n) is 3.43. The van der Waals surface area contributed by atoms with Crippen LogP contribution in [-0.2, 0) is 9.59 Å². The zero-order valence-electron chi connectivity index (χ0n) is 20.0. The van der Waals surface area contributed by atoms with E-state index in [0.29, 0.717) is 47.7 Å². The van der Waals surface area contributed by atoms with Crippen molar-refractivity contribution in [1.29, 1.82) is 0 Å². The van der Waals surface area contributed by atoms with Crippen LogP contribution in [0, 0.1) is 0 Å². The van der Waals surface area contributed by atoms with Crippen molar-refractivity contribution in [3.05, 3.63) is 90.0 Å². The maximum atomic E-state index is 12.1. The van der Waals surface area contributed by atoms with Crippen LogP contribution in [0.5, 0.6) is 11.5 Å². The maximum absolute atomic E-state index is 12.1. The van der Waals surface area contributed by atoms with Gasteiger partial charge in [0.05, 0.1) is 5.69 Å². The van der Waals surface area contributed by atoms with Crippen molar-refractivity contribution in [2.75, 3.05) is 11.5 Å². The minimum atomic E-state index is -0.353. The highest BCUT2D eigenvalue weighted by Gasteiger charge is 2.09. The molecule has 3 aromatic carbocycles. The van der Waals surface area contributed by atoms with E-state index < -0.39 is 0 Å². The molecule has 0 spiro atoms. The van der Waals surface area contributed by atoms with Crippen LogP contribution in [0.4, 0.5) is 11.4 Å². The third-order valence-corrected chi connectivity index (χ3v) is 5.37. The highest BCUT2D eigenvalue weighted by molar-refractivity contribution is 6.06. The fourth-order valence-corrected chi connectivity index (χ4v) is 3.43. The zero-order chi connectivity index (χ0) is 25.8. The zero-order valence-corrected chi connectivity index (χ0v) is 20.0. The molecule has 0 heterocycles. The van der Waals surface area contributed by atoms with Crippen LogP contribution in [0.15, 0.2) is 78.9 Å². The lowest BCUT2D eigenvalue weighted by atomic mass is 10.1. The SMILES string of the molecule is Nc1ccc(OC(=O)CCCCCCC(=O)Oc2ccc(C=CC(=O)c3ccccc3)cc2)c(N)c1. The van der Waals surface area contributed by atoms with E-state index in [4.69, 9.17) is 20.9 Å². The molecule has 0 fully saturated rings. The number of nitrogen functional groups attached to an aromatic ring is 2. The van der Waals surface area contributed by atoms with Gasteiger partial charge in [-0.2, -0.15) is 0 Å². The van der Waals surface area contributed by atoms with Gasteiger partial charge in [-0.1, -0.05) is 61.4 Å². The Morgan fingerprint density at radius 3 is 2.00 bits per heavy atom. The van der Waals surface area contributed by atoms with Gasteiger partial charge in [0.25, 0.3) is 0 Å². The summed E-state index contributed by atoms with van der Waals surface area (Å²) in [5.41, 5.74) is 13.7. The predicted molar refractivity (Wildman–Crippen MR) is 140 cm³/mol. The second-order valence-electron chi connectivity index (χ2n) is 8.29. The molecule has 0 atom stereocenters. The van der Waals surface area contributed by atoms with Gasteiger partial charge in [-0.05, 0) is 54.8 Å². The Morgan fingerprint density at radius 2 is 1.36 bits per heavy atom. The summed E-state index contributed by atoms with van der Waals surface area (Å²) in [6, 6.07) is 20.7. The topological polar surface area (TPSA) is 122 Å². The Labute approximate surface area is 210 Å². The number of nitrogens with two attached hydrogens (primary N) is 2. The Kier molecular flexibility index (Phi) is 9.82. The van der Waals surface area contributed by atoms with Crippen LogP contribution < -0.4 is 20.9 Å². The minimum absolute atomic E-state index is 0.0745. The molecule has 0 aliphatic heterocycles. The van der Waals surface area contributed by atoms with E-state index in [1.807, 2.05) is 18.2 Å². The highest BCUT2D eigenvalue weighted by atomic mass is 16.5. The summed E-state index contributed by atoms with van der Waals surface area (Å²) in [6.07, 6.45) is 6.72. The molecule has 36 heavy (non-hydrogen) atoms. The van der Waals surface area contributed by atoms with Crippen molar-refractivity contribution in [2.24, 2.45) is 0 Å². The molecule has 0 aliphatic rings. The van der Waals surface area contributed by atoms with Crippen molar-refractivity contribution in [3.8, 4) is 11.5 Å². The molecular formula is C29H30N2O5. The fraction of sp³-hybridized carbons (Fsp3) is 0.207. The summed E-state index contributed by atoms with van der Waals surface area (Å²) in [4.78, 5) is 36.2. The van der Waals surface area contributed by atoms with Crippen LogP contribution in [0.2, 0.25) is 0 Å². The summed E-state index contributed by atoms with van der Waals surface area (Å²) in [5, 5.41) is 0. The van der Waals surface area contributed by atoms with E-state index in [-0.39, 0.29) is 24.1 Å². The van der Waals surface area contributed by atoms with Crippen LogP contribution in [-0.4, -0.2) is 17.7 Å². The number of hydrogen-bond acceptors (Lipinski definition) is 7. The number of ketones is 1. The lowest BCUT2D eigenvalue weighted by Gasteiger charge is -2.08. The quantitative estimate of drug-likeness (QED) is 0.0853. The Balaban J connectivity index is 1.30. The molecule has 0 saturated heterocycles. The normalized spacial score (nSPS) is 10.8. The number of unbranched alkanes of at least 4 members (excludes halogenated alkanes) is 3. The Hall–Kier alpha value is -4.39. The smallest absolute Gasteiger partial charge is 0.311 e. The Morgan fingerprint density at radius 1 is 0.722 bits per heavy atom. The van der Waals surface area contributed by atoms with Gasteiger partial charge in [-0.3, -0.25) is 14.4 Å². The van der Waals surface area contributed by atoms with Crippen molar-refractivity contribution in [1.82, 2.24) is 0 Å². The van der Waals surface area contributed by atoms with E-state index in [2.05, 4.69) is 0 Å². The number of benzene rings is 3. The molecule has 0 saturated carbocycles. The van der Waals surface area contributed by atoms with Crippen LogP contribution >= 0.6 is 0 Å². The standard InChI is InChI=1S/C29H30N2O5/c30-23-15-19-27(25(31)20-23)36-29(34)11-7-2-1-6-10-28(33)35-24-16-12-21(13-17-24)14-18-26(32)22-8-4-3-5-9-22/h3-5,8-9,12-20H,1-2,6-7,10-11,30-31H2. The summed E-state index contributed by atoms with van der Waals surface area (Å²) < 4.78 is 10.6. The monoisotopic (exact) mass is 486 g/mol. The second-order valence-corrected chi connectivity index (χ2v) is 8.29. The number of esters is 2. The molecule has 7 heteroatoms. The molecule has 0 aliphatic carbocycles. The third kappa shape index (κ3) is 8.76. The lowest BCUT2D eigenvalue weighted by molar-refractivity contribution is -0.135. The van der Waals surface area contributed by atoms with Gasteiger partial charge < -0.3 is 20.9 Å². The summed E-state index contributed by atoms with van der Waals surface area (Å²) in [5.74, 6) is 0.0248. The predicted octanol–water partition coefficient (Wildman–Crippen LogP) is 5.60. The van der Waals surface area contributed by atoms with Gasteiger partial charge in [0.1, 0.15) is 5.75 Å². The van der Waals surface area contributed by atoms with Crippen molar-refractivity contribution in [3.63, 3.8) is 0 Å². The number of rotatable bonds is 12. The summed E-state index contributed by atoms with van der Waals surface area (Å²) >= 11 is 0. The minimum Gasteiger partial charge on any atom is -0.427 e. The van der Waals surface area contributed by atoms with Gasteiger partial charge in [0.15, 0.2) is 11.5 Å². The molecular weight excluding hydrogens is 456 g/mol. The Bertz CT molecular complexity index is 1200. The van der Waals surface area contributed by atoms with Gasteiger partial charge in [-0.15, -0.1) is 0 Å². The number of ether oxygens (including phenoxy) is 2. The second kappa shape index (κ2) is 13.5. The summed E-state index contributed by atoms with van der Waals surface area (Å²) in [7, 11) is 0. The average Bonchev–Trinajstić information content (AvgIpc) is 2.87. The molecule has 0 bridgehead atoms. The van der Waals surface area contributed by atoms with E-state index in [9.17, 15) is 14.4 Å². The lowest BCUT2D eigenvalue weighted by Crippen LogP contribution is -2.09. The number of carbonyl (C=O) groups is 3. The van der Waals surface area contributed by atoms with Crippen molar-refractivity contribution >= 4 is 35.2 Å². The first-order valence-corrected chi connectivity index (χ1v) is 11.8. The molecule has 3 rings (SSSR count). The number of anilines is 2. The third-order valence-electron chi connectivity index (χ3n) is 5.37. The van der Waals surface area contributed by atoms with Crippen molar-refractivity contribution in [2.45, 2.75) is 38.5 Å². The van der Waals surface area contributed by atoms with Gasteiger partial charge in [0.2, 0.25) is 0 Å². The number of carbonyl (C=O) groups excluding carboxylic acids is 3. The molecule has 0 aromatic heterocycles. The molecule has 0 amide bonds. The molecule has 3 aromatic rings. The largest absolute Gasteiger partial charge is 0.427 e. The number of hydrogen-bond donors (Lipinski definition) is 2. The van der Waals surface area contributed by atoms with Crippen molar-refractivity contribution < 1.29 is 23.9 Å². The first-order chi connectivity index (χ1) is 17.4. The number of allylic oxidation sites excluding steroid dienone is 1. The van der Waals surface area contributed by atoms with Gasteiger partial charge in [-0.25, -0.2) is 0 Å². The van der Waals surface area contributed by atoms with E-state index in [0.717, 1.165) is 18.4 Å².